The highest BCUT2D eigenvalue weighted by Gasteiger charge is 2.08. The lowest BCUT2D eigenvalue weighted by atomic mass is 10.0. The van der Waals surface area contributed by atoms with Crippen LogP contribution < -0.4 is 5.32 Å². The third-order valence-corrected chi connectivity index (χ3v) is 4.01. The second kappa shape index (κ2) is 7.06. The van der Waals surface area contributed by atoms with E-state index in [9.17, 15) is 4.39 Å². The molecule has 0 saturated heterocycles. The Kier molecular flexibility index (Phi) is 5.38. The summed E-state index contributed by atoms with van der Waals surface area (Å²) < 4.78 is 13.5. The van der Waals surface area contributed by atoms with Crippen LogP contribution >= 0.6 is 11.6 Å². The van der Waals surface area contributed by atoms with E-state index in [1.165, 1.54) is 17.2 Å². The average molecular weight is 306 g/mol. The predicted molar refractivity (Wildman–Crippen MR) is 87.2 cm³/mol. The third kappa shape index (κ3) is 4.29. The van der Waals surface area contributed by atoms with Crippen LogP contribution in [-0.2, 0) is 6.54 Å². The van der Waals surface area contributed by atoms with Crippen molar-refractivity contribution in [3.63, 3.8) is 0 Å². The smallest absolute Gasteiger partial charge is 0.142 e. The molecule has 0 saturated carbocycles. The molecule has 1 atom stereocenters. The molecule has 1 nitrogen and oxygen atoms in total. The molecule has 0 fully saturated rings. The zero-order chi connectivity index (χ0) is 15.4. The van der Waals surface area contributed by atoms with Crippen molar-refractivity contribution in [2.24, 2.45) is 0 Å². The molecule has 0 bridgehead atoms. The van der Waals surface area contributed by atoms with Crippen LogP contribution in [0.15, 0.2) is 42.5 Å². The van der Waals surface area contributed by atoms with E-state index in [-0.39, 0.29) is 16.9 Å². The molecular formula is C18H21ClFN. The number of rotatable bonds is 5. The Labute approximate surface area is 131 Å². The van der Waals surface area contributed by atoms with E-state index >= 15 is 0 Å². The van der Waals surface area contributed by atoms with Crippen LogP contribution in [0.1, 0.15) is 49.4 Å². The van der Waals surface area contributed by atoms with Gasteiger partial charge in [-0.15, -0.1) is 0 Å². The molecule has 1 unspecified atom stereocenters. The Balaban J connectivity index is 1.97. The van der Waals surface area contributed by atoms with E-state index in [1.54, 1.807) is 6.07 Å². The van der Waals surface area contributed by atoms with Gasteiger partial charge in [0.15, 0.2) is 0 Å². The number of hydrogen-bond acceptors (Lipinski definition) is 1. The van der Waals surface area contributed by atoms with Crippen molar-refractivity contribution < 1.29 is 4.39 Å². The summed E-state index contributed by atoms with van der Waals surface area (Å²) in [7, 11) is 0. The molecule has 0 spiro atoms. The largest absolute Gasteiger partial charge is 0.306 e. The van der Waals surface area contributed by atoms with Gasteiger partial charge in [-0.2, -0.15) is 0 Å². The Morgan fingerprint density at radius 3 is 2.19 bits per heavy atom. The zero-order valence-electron chi connectivity index (χ0n) is 12.7. The lowest BCUT2D eigenvalue weighted by molar-refractivity contribution is 0.565. The summed E-state index contributed by atoms with van der Waals surface area (Å²) in [5.41, 5.74) is 3.46. The van der Waals surface area contributed by atoms with Gasteiger partial charge >= 0.3 is 0 Å². The number of hydrogen-bond donors (Lipinski definition) is 1. The predicted octanol–water partition coefficient (Wildman–Crippen LogP) is 5.45. The van der Waals surface area contributed by atoms with Gasteiger partial charge in [0.05, 0.1) is 5.02 Å². The molecule has 1 N–H and O–H groups in total. The lowest BCUT2D eigenvalue weighted by Gasteiger charge is -2.15. The van der Waals surface area contributed by atoms with E-state index in [2.05, 4.69) is 43.4 Å². The summed E-state index contributed by atoms with van der Waals surface area (Å²) in [6, 6.07) is 13.6. The average Bonchev–Trinajstić information content (AvgIpc) is 2.48. The molecule has 0 aliphatic heterocycles. The molecule has 3 heteroatoms. The fraction of sp³-hybridized carbons (Fsp3) is 0.333. The van der Waals surface area contributed by atoms with Gasteiger partial charge in [-0.1, -0.05) is 55.8 Å². The van der Waals surface area contributed by atoms with Crippen molar-refractivity contribution >= 4 is 11.6 Å². The van der Waals surface area contributed by atoms with Crippen molar-refractivity contribution in [1.82, 2.24) is 5.32 Å². The highest BCUT2D eigenvalue weighted by Crippen LogP contribution is 2.20. The quantitative estimate of drug-likeness (QED) is 0.774. The van der Waals surface area contributed by atoms with Gasteiger partial charge in [-0.25, -0.2) is 4.39 Å². The van der Waals surface area contributed by atoms with Gasteiger partial charge < -0.3 is 5.32 Å². The highest BCUT2D eigenvalue weighted by atomic mass is 35.5. The molecule has 0 heterocycles. The molecule has 2 aromatic rings. The van der Waals surface area contributed by atoms with Crippen LogP contribution in [0, 0.1) is 5.82 Å². The van der Waals surface area contributed by atoms with E-state index in [4.69, 9.17) is 11.6 Å². The topological polar surface area (TPSA) is 12.0 Å². The molecule has 0 radical (unpaired) electrons. The summed E-state index contributed by atoms with van der Waals surface area (Å²) in [4.78, 5) is 0. The van der Waals surface area contributed by atoms with Gasteiger partial charge in [0, 0.05) is 12.6 Å². The zero-order valence-corrected chi connectivity index (χ0v) is 13.4. The molecule has 0 aromatic heterocycles. The molecule has 21 heavy (non-hydrogen) atoms. The first-order valence-electron chi connectivity index (χ1n) is 7.24. The summed E-state index contributed by atoms with van der Waals surface area (Å²) in [5, 5.41) is 3.56. The van der Waals surface area contributed by atoms with Crippen LogP contribution in [0.4, 0.5) is 4.39 Å². The van der Waals surface area contributed by atoms with E-state index < -0.39 is 0 Å². The fourth-order valence-corrected chi connectivity index (χ4v) is 2.31. The van der Waals surface area contributed by atoms with Crippen LogP contribution in [0.3, 0.4) is 0 Å². The molecule has 2 rings (SSSR count). The normalized spacial score (nSPS) is 12.7. The summed E-state index contributed by atoms with van der Waals surface area (Å²) >= 11 is 5.70. The molecular weight excluding hydrogens is 285 g/mol. The number of nitrogens with one attached hydrogen (secondary N) is 1. The maximum atomic E-state index is 13.5. The van der Waals surface area contributed by atoms with Crippen molar-refractivity contribution in [3.05, 3.63) is 70.0 Å². The van der Waals surface area contributed by atoms with E-state index in [0.29, 0.717) is 5.92 Å². The Hall–Kier alpha value is -1.38. The molecule has 2 aromatic carbocycles. The van der Waals surface area contributed by atoms with E-state index in [0.717, 1.165) is 12.1 Å². The minimum absolute atomic E-state index is 0.0709. The monoisotopic (exact) mass is 305 g/mol. The second-order valence-corrected chi connectivity index (χ2v) is 6.08. The van der Waals surface area contributed by atoms with Crippen molar-refractivity contribution in [2.45, 2.75) is 39.3 Å². The Morgan fingerprint density at radius 2 is 1.62 bits per heavy atom. The maximum Gasteiger partial charge on any atom is 0.142 e. The van der Waals surface area contributed by atoms with Gasteiger partial charge in [0.1, 0.15) is 5.82 Å². The Bertz CT molecular complexity index is 593. The van der Waals surface area contributed by atoms with Crippen molar-refractivity contribution in [3.8, 4) is 0 Å². The molecule has 0 aliphatic rings. The van der Waals surface area contributed by atoms with Crippen molar-refractivity contribution in [1.29, 1.82) is 0 Å². The lowest BCUT2D eigenvalue weighted by Crippen LogP contribution is -2.18. The van der Waals surface area contributed by atoms with Gasteiger partial charge in [0.25, 0.3) is 0 Å². The Morgan fingerprint density at radius 1 is 1.00 bits per heavy atom. The first-order valence-corrected chi connectivity index (χ1v) is 7.62. The van der Waals surface area contributed by atoms with Gasteiger partial charge in [0.2, 0.25) is 0 Å². The standard InChI is InChI=1S/C18H21ClFN/c1-12(2)15-6-4-14(5-7-15)11-21-13(3)16-8-9-17(19)18(20)10-16/h4-10,12-13,21H,11H2,1-3H3. The van der Waals surface area contributed by atoms with Crippen LogP contribution in [0.25, 0.3) is 0 Å². The van der Waals surface area contributed by atoms with Gasteiger partial charge in [-0.3, -0.25) is 0 Å². The minimum atomic E-state index is -0.371. The highest BCUT2D eigenvalue weighted by molar-refractivity contribution is 6.30. The summed E-state index contributed by atoms with van der Waals surface area (Å²) in [6.45, 7) is 7.14. The van der Waals surface area contributed by atoms with Crippen LogP contribution in [-0.4, -0.2) is 0 Å². The maximum absolute atomic E-state index is 13.5. The first kappa shape index (κ1) is 16.0. The number of benzene rings is 2. The van der Waals surface area contributed by atoms with Crippen LogP contribution in [0.2, 0.25) is 5.02 Å². The van der Waals surface area contributed by atoms with Crippen LogP contribution in [0.5, 0.6) is 0 Å². The van der Waals surface area contributed by atoms with E-state index in [1.807, 2.05) is 13.0 Å². The van der Waals surface area contributed by atoms with Crippen molar-refractivity contribution in [2.75, 3.05) is 0 Å². The SMILES string of the molecule is CC(C)c1ccc(CNC(C)c2ccc(Cl)c(F)c2)cc1. The molecule has 0 amide bonds. The second-order valence-electron chi connectivity index (χ2n) is 5.67. The third-order valence-electron chi connectivity index (χ3n) is 3.70. The molecule has 112 valence electrons. The number of halogens is 2. The first-order chi connectivity index (χ1) is 9.97. The fourth-order valence-electron chi connectivity index (χ4n) is 2.19. The van der Waals surface area contributed by atoms with Gasteiger partial charge in [-0.05, 0) is 41.7 Å². The molecule has 0 aliphatic carbocycles. The summed E-state index contributed by atoms with van der Waals surface area (Å²) in [5.74, 6) is 0.173. The summed E-state index contributed by atoms with van der Waals surface area (Å²) in [6.07, 6.45) is 0. The minimum Gasteiger partial charge on any atom is -0.306 e.